The van der Waals surface area contributed by atoms with E-state index >= 15 is 0 Å². The fraction of sp³-hybridized carbons (Fsp3) is 0.550. The maximum absolute atomic E-state index is 12.8. The molecule has 25 heavy (non-hydrogen) atoms. The minimum atomic E-state index is 0.0198. The number of hydrogen-bond acceptors (Lipinski definition) is 4. The zero-order valence-corrected chi connectivity index (χ0v) is 15.0. The topological polar surface area (TPSA) is 50.8 Å². The molecule has 1 aromatic carbocycles. The summed E-state index contributed by atoms with van der Waals surface area (Å²) in [6.45, 7) is 6.83. The Kier molecular flexibility index (Phi) is 6.48. The van der Waals surface area contributed by atoms with Gasteiger partial charge >= 0.3 is 0 Å². The van der Waals surface area contributed by atoms with Crippen molar-refractivity contribution in [2.45, 2.75) is 32.2 Å². The quantitative estimate of drug-likeness (QED) is 0.859. The van der Waals surface area contributed by atoms with Crippen molar-refractivity contribution >= 4 is 5.91 Å². The summed E-state index contributed by atoms with van der Waals surface area (Å²) in [6, 6.07) is 10.4. The fourth-order valence-corrected chi connectivity index (χ4v) is 3.44. The lowest BCUT2D eigenvalue weighted by Crippen LogP contribution is -2.48. The first-order chi connectivity index (χ1) is 12.2. The Bertz CT molecular complexity index is 594. The molecule has 5 nitrogen and oxygen atoms in total. The lowest BCUT2D eigenvalue weighted by molar-refractivity contribution is -0.119. The second kappa shape index (κ2) is 9.02. The van der Waals surface area contributed by atoms with Crippen LogP contribution in [0.15, 0.2) is 41.7 Å². The zero-order valence-electron chi connectivity index (χ0n) is 15.0. The highest BCUT2D eigenvalue weighted by Crippen LogP contribution is 2.19. The summed E-state index contributed by atoms with van der Waals surface area (Å²) < 4.78 is 11.0. The van der Waals surface area contributed by atoms with Crippen LogP contribution >= 0.6 is 0 Å². The first-order valence-corrected chi connectivity index (χ1v) is 9.20. The number of morpholine rings is 1. The molecule has 1 fully saturated rings. The largest absolute Gasteiger partial charge is 0.498 e. The highest BCUT2D eigenvalue weighted by Gasteiger charge is 2.23. The van der Waals surface area contributed by atoms with Crippen LogP contribution in [0.3, 0.4) is 0 Å². The number of hydrogen-bond donors (Lipinski definition) is 1. The molecular formula is C20H28N2O3. The van der Waals surface area contributed by atoms with Gasteiger partial charge in [-0.15, -0.1) is 0 Å². The van der Waals surface area contributed by atoms with Crippen LogP contribution in [0.25, 0.3) is 0 Å². The van der Waals surface area contributed by atoms with Gasteiger partial charge < -0.3 is 14.8 Å². The number of carbonyl (C=O) groups is 1. The van der Waals surface area contributed by atoms with Gasteiger partial charge in [0.25, 0.3) is 5.91 Å². The van der Waals surface area contributed by atoms with Gasteiger partial charge in [0, 0.05) is 25.7 Å². The van der Waals surface area contributed by atoms with Crippen LogP contribution in [0.5, 0.6) is 0 Å². The monoisotopic (exact) mass is 344 g/mol. The van der Waals surface area contributed by atoms with Crippen molar-refractivity contribution in [1.29, 1.82) is 0 Å². The van der Waals surface area contributed by atoms with Gasteiger partial charge in [0.05, 0.1) is 25.4 Å². The average molecular weight is 344 g/mol. The highest BCUT2D eigenvalue weighted by molar-refractivity contribution is 5.94. The molecule has 2 heterocycles. The molecular weight excluding hydrogens is 316 g/mol. The van der Waals surface area contributed by atoms with E-state index in [2.05, 4.69) is 22.3 Å². The maximum atomic E-state index is 12.8. The molecule has 5 heteroatoms. The highest BCUT2D eigenvalue weighted by atomic mass is 16.5. The number of amides is 1. The van der Waals surface area contributed by atoms with Gasteiger partial charge in [-0.05, 0) is 31.7 Å². The summed E-state index contributed by atoms with van der Waals surface area (Å²) in [5.41, 5.74) is 2.04. The molecule has 1 N–H and O–H groups in total. The average Bonchev–Trinajstić information content (AvgIpc) is 2.63. The van der Waals surface area contributed by atoms with E-state index in [9.17, 15) is 4.79 Å². The molecule has 0 saturated carbocycles. The SMILES string of the molecule is CC1=C(C(=O)N[C@H](Cc2ccccc2)CN2CCOCC2)CCCO1. The molecule has 0 spiro atoms. The maximum Gasteiger partial charge on any atom is 0.250 e. The van der Waals surface area contributed by atoms with Crippen molar-refractivity contribution in [1.82, 2.24) is 10.2 Å². The minimum absolute atomic E-state index is 0.0198. The first-order valence-electron chi connectivity index (χ1n) is 9.20. The molecule has 1 saturated heterocycles. The van der Waals surface area contributed by atoms with Gasteiger partial charge in [-0.1, -0.05) is 30.3 Å². The molecule has 2 aliphatic rings. The second-order valence-corrected chi connectivity index (χ2v) is 6.76. The number of allylic oxidation sites excluding steroid dienone is 1. The number of benzene rings is 1. The van der Waals surface area contributed by atoms with Crippen molar-refractivity contribution in [3.63, 3.8) is 0 Å². The number of rotatable bonds is 6. The number of nitrogens with one attached hydrogen (secondary N) is 1. The number of ether oxygens (including phenoxy) is 2. The van der Waals surface area contributed by atoms with E-state index in [4.69, 9.17) is 9.47 Å². The Hall–Kier alpha value is -1.85. The molecule has 0 aromatic heterocycles. The first kappa shape index (κ1) is 18.0. The number of carbonyl (C=O) groups excluding carboxylic acids is 1. The van der Waals surface area contributed by atoms with Crippen molar-refractivity contribution in [3.8, 4) is 0 Å². The van der Waals surface area contributed by atoms with Gasteiger partial charge in [0.2, 0.25) is 0 Å². The normalized spacial score (nSPS) is 20.0. The molecule has 1 amide bonds. The van der Waals surface area contributed by atoms with Crippen LogP contribution < -0.4 is 5.32 Å². The van der Waals surface area contributed by atoms with Gasteiger partial charge in [-0.25, -0.2) is 0 Å². The molecule has 1 aromatic rings. The summed E-state index contributed by atoms with van der Waals surface area (Å²) in [5.74, 6) is 0.792. The Morgan fingerprint density at radius 1 is 1.20 bits per heavy atom. The summed E-state index contributed by atoms with van der Waals surface area (Å²) in [4.78, 5) is 15.1. The van der Waals surface area contributed by atoms with E-state index in [1.54, 1.807) is 0 Å². The van der Waals surface area contributed by atoms with Crippen LogP contribution in [-0.4, -0.2) is 56.3 Å². The van der Waals surface area contributed by atoms with Crippen molar-refractivity contribution in [2.75, 3.05) is 39.5 Å². The Balaban J connectivity index is 1.67. The van der Waals surface area contributed by atoms with E-state index in [0.29, 0.717) is 6.61 Å². The molecule has 0 aliphatic carbocycles. The third-order valence-corrected chi connectivity index (χ3v) is 4.83. The van der Waals surface area contributed by atoms with Gasteiger partial charge in [-0.3, -0.25) is 9.69 Å². The van der Waals surface area contributed by atoms with Gasteiger partial charge in [-0.2, -0.15) is 0 Å². The number of nitrogens with zero attached hydrogens (tertiary/aromatic N) is 1. The Labute approximate surface area is 150 Å². The molecule has 3 rings (SSSR count). The summed E-state index contributed by atoms with van der Waals surface area (Å²) >= 11 is 0. The van der Waals surface area contributed by atoms with Gasteiger partial charge in [0.15, 0.2) is 0 Å². The predicted octanol–water partition coefficient (Wildman–Crippen LogP) is 2.13. The summed E-state index contributed by atoms with van der Waals surface area (Å²) in [5, 5.41) is 3.25. The van der Waals surface area contributed by atoms with Crippen LogP contribution in [0.4, 0.5) is 0 Å². The standard InChI is InChI=1S/C20H28N2O3/c1-16-19(8-5-11-25-16)20(23)21-18(14-17-6-3-2-4-7-17)15-22-9-12-24-13-10-22/h2-4,6-7,18H,5,8-15H2,1H3,(H,21,23)/t18-/m1/s1. The zero-order chi connectivity index (χ0) is 17.5. The fourth-order valence-electron chi connectivity index (χ4n) is 3.44. The summed E-state index contributed by atoms with van der Waals surface area (Å²) in [7, 11) is 0. The predicted molar refractivity (Wildman–Crippen MR) is 97.2 cm³/mol. The molecule has 136 valence electrons. The van der Waals surface area contributed by atoms with E-state index in [0.717, 1.165) is 63.4 Å². The lowest BCUT2D eigenvalue weighted by atomic mass is 10.0. The molecule has 0 bridgehead atoms. The molecule has 1 atom stereocenters. The Morgan fingerprint density at radius 3 is 2.68 bits per heavy atom. The molecule has 0 unspecified atom stereocenters. The van der Waals surface area contributed by atoms with Crippen LogP contribution in [-0.2, 0) is 20.7 Å². The second-order valence-electron chi connectivity index (χ2n) is 6.76. The Morgan fingerprint density at radius 2 is 1.96 bits per heavy atom. The van der Waals surface area contributed by atoms with Crippen LogP contribution in [0, 0.1) is 0 Å². The van der Waals surface area contributed by atoms with Crippen molar-refractivity contribution in [2.24, 2.45) is 0 Å². The molecule has 2 aliphatic heterocycles. The van der Waals surface area contributed by atoms with Crippen LogP contribution in [0.2, 0.25) is 0 Å². The van der Waals surface area contributed by atoms with E-state index in [-0.39, 0.29) is 11.9 Å². The summed E-state index contributed by atoms with van der Waals surface area (Å²) in [6.07, 6.45) is 2.54. The van der Waals surface area contributed by atoms with E-state index < -0.39 is 0 Å². The van der Waals surface area contributed by atoms with Crippen molar-refractivity contribution in [3.05, 3.63) is 47.2 Å². The lowest BCUT2D eigenvalue weighted by Gasteiger charge is -2.31. The van der Waals surface area contributed by atoms with Gasteiger partial charge in [0.1, 0.15) is 5.76 Å². The third-order valence-electron chi connectivity index (χ3n) is 4.83. The third kappa shape index (κ3) is 5.31. The molecule has 0 radical (unpaired) electrons. The van der Waals surface area contributed by atoms with Crippen molar-refractivity contribution < 1.29 is 14.3 Å². The van der Waals surface area contributed by atoms with E-state index in [1.165, 1.54) is 5.56 Å². The van der Waals surface area contributed by atoms with E-state index in [1.807, 2.05) is 25.1 Å². The smallest absolute Gasteiger partial charge is 0.250 e. The minimum Gasteiger partial charge on any atom is -0.498 e. The van der Waals surface area contributed by atoms with Crippen LogP contribution in [0.1, 0.15) is 25.3 Å².